The summed E-state index contributed by atoms with van der Waals surface area (Å²) in [5.41, 5.74) is 0.550. The largest absolute Gasteiger partial charge is 0.469 e. The van der Waals surface area contributed by atoms with E-state index in [9.17, 15) is 13.2 Å². The van der Waals surface area contributed by atoms with Crippen LogP contribution in [0.5, 0.6) is 0 Å². The van der Waals surface area contributed by atoms with Crippen LogP contribution in [0, 0.1) is 0 Å². The first kappa shape index (κ1) is 18.6. The third-order valence-electron chi connectivity index (χ3n) is 5.03. The van der Waals surface area contributed by atoms with Crippen LogP contribution in [0.3, 0.4) is 0 Å². The Bertz CT molecular complexity index is 1090. The van der Waals surface area contributed by atoms with E-state index in [4.69, 9.17) is 4.42 Å². The number of sulfone groups is 1. The lowest BCUT2D eigenvalue weighted by Gasteiger charge is -2.33. The van der Waals surface area contributed by atoms with E-state index in [1.165, 1.54) is 17.0 Å². The minimum atomic E-state index is -3.50. The van der Waals surface area contributed by atoms with Crippen LogP contribution in [0.1, 0.15) is 36.6 Å². The van der Waals surface area contributed by atoms with E-state index in [0.29, 0.717) is 37.4 Å². The zero-order chi connectivity index (χ0) is 19.7. The van der Waals surface area contributed by atoms with E-state index in [1.54, 1.807) is 17.2 Å². The fraction of sp³-hybridized carbons (Fsp3) is 0.444. The first-order valence-electron chi connectivity index (χ1n) is 9.12. The molecule has 0 aromatic carbocycles. The summed E-state index contributed by atoms with van der Waals surface area (Å²) in [4.78, 5) is 22.8. The van der Waals surface area contributed by atoms with Crippen molar-refractivity contribution >= 4 is 21.5 Å². The van der Waals surface area contributed by atoms with Crippen molar-refractivity contribution < 1.29 is 17.6 Å². The van der Waals surface area contributed by atoms with Crippen molar-refractivity contribution in [3.8, 4) is 0 Å². The van der Waals surface area contributed by atoms with E-state index in [1.807, 2.05) is 6.07 Å². The van der Waals surface area contributed by atoms with E-state index >= 15 is 0 Å². The SMILES string of the molecule is CS(=O)(=O)c1cnc2ncnn2c1[C@H]1CCCN(C(=O)CCc2ccco2)C1. The molecule has 1 aliphatic rings. The molecule has 0 unspecified atom stereocenters. The molecule has 3 aromatic rings. The second-order valence-electron chi connectivity index (χ2n) is 7.01. The number of hydrogen-bond acceptors (Lipinski definition) is 7. The second-order valence-corrected chi connectivity index (χ2v) is 8.99. The van der Waals surface area contributed by atoms with Crippen LogP contribution in [0.15, 0.2) is 40.2 Å². The lowest BCUT2D eigenvalue weighted by atomic mass is 9.94. The predicted octanol–water partition coefficient (Wildman–Crippen LogP) is 1.46. The van der Waals surface area contributed by atoms with Gasteiger partial charge in [-0.05, 0) is 25.0 Å². The molecule has 0 aliphatic carbocycles. The third kappa shape index (κ3) is 3.64. The Labute approximate surface area is 162 Å². The molecule has 4 heterocycles. The van der Waals surface area contributed by atoms with Gasteiger partial charge in [-0.2, -0.15) is 14.6 Å². The van der Waals surface area contributed by atoms with Gasteiger partial charge in [-0.15, -0.1) is 0 Å². The Balaban J connectivity index is 1.59. The molecule has 1 aliphatic heterocycles. The Kier molecular flexibility index (Phi) is 4.88. The number of nitrogens with zero attached hydrogens (tertiary/aromatic N) is 5. The lowest BCUT2D eigenvalue weighted by Crippen LogP contribution is -2.40. The van der Waals surface area contributed by atoms with Gasteiger partial charge in [-0.1, -0.05) is 0 Å². The van der Waals surface area contributed by atoms with Crippen LogP contribution in [-0.4, -0.2) is 58.2 Å². The summed E-state index contributed by atoms with van der Waals surface area (Å²) in [6.45, 7) is 1.10. The van der Waals surface area contributed by atoms with Gasteiger partial charge in [-0.25, -0.2) is 13.4 Å². The number of furan rings is 1. The molecule has 10 heteroatoms. The van der Waals surface area contributed by atoms with Crippen molar-refractivity contribution in [2.45, 2.75) is 36.5 Å². The fourth-order valence-corrected chi connectivity index (χ4v) is 4.59. The summed E-state index contributed by atoms with van der Waals surface area (Å²) >= 11 is 0. The molecule has 4 rings (SSSR count). The second kappa shape index (κ2) is 7.34. The molecule has 3 aromatic heterocycles. The zero-order valence-corrected chi connectivity index (χ0v) is 16.3. The Morgan fingerprint density at radius 3 is 2.96 bits per heavy atom. The van der Waals surface area contributed by atoms with Gasteiger partial charge in [0.1, 0.15) is 17.0 Å². The lowest BCUT2D eigenvalue weighted by molar-refractivity contribution is -0.132. The maximum Gasteiger partial charge on any atom is 0.252 e. The molecule has 1 fully saturated rings. The van der Waals surface area contributed by atoms with Crippen molar-refractivity contribution in [3.63, 3.8) is 0 Å². The van der Waals surface area contributed by atoms with Crippen LogP contribution in [0.2, 0.25) is 0 Å². The fourth-order valence-electron chi connectivity index (χ4n) is 3.71. The summed E-state index contributed by atoms with van der Waals surface area (Å²) in [5.74, 6) is 1.01. The molecule has 0 radical (unpaired) electrons. The van der Waals surface area contributed by atoms with E-state index < -0.39 is 9.84 Å². The normalized spacial score (nSPS) is 17.9. The minimum absolute atomic E-state index is 0.0332. The van der Waals surface area contributed by atoms with Crippen molar-refractivity contribution in [1.82, 2.24) is 24.5 Å². The van der Waals surface area contributed by atoms with Gasteiger partial charge >= 0.3 is 0 Å². The average molecular weight is 403 g/mol. The summed E-state index contributed by atoms with van der Waals surface area (Å²) < 4.78 is 31.4. The van der Waals surface area contributed by atoms with Gasteiger partial charge < -0.3 is 9.32 Å². The summed E-state index contributed by atoms with van der Waals surface area (Å²) in [5, 5.41) is 4.17. The highest BCUT2D eigenvalue weighted by Crippen LogP contribution is 2.31. The summed E-state index contributed by atoms with van der Waals surface area (Å²) in [6.07, 6.45) is 7.90. The summed E-state index contributed by atoms with van der Waals surface area (Å²) in [7, 11) is -3.50. The molecule has 28 heavy (non-hydrogen) atoms. The first-order valence-corrected chi connectivity index (χ1v) is 11.0. The molecule has 0 bridgehead atoms. The predicted molar refractivity (Wildman–Crippen MR) is 99.5 cm³/mol. The zero-order valence-electron chi connectivity index (χ0n) is 15.5. The molecular weight excluding hydrogens is 382 g/mol. The van der Waals surface area contributed by atoms with Gasteiger partial charge in [0, 0.05) is 38.1 Å². The highest BCUT2D eigenvalue weighted by Gasteiger charge is 2.31. The number of amides is 1. The number of likely N-dealkylation sites (tertiary alicyclic amines) is 1. The maximum atomic E-state index is 12.7. The molecule has 1 atom stereocenters. The van der Waals surface area contributed by atoms with Crippen molar-refractivity contribution in [2.24, 2.45) is 0 Å². The van der Waals surface area contributed by atoms with Gasteiger partial charge in [-0.3, -0.25) is 4.79 Å². The van der Waals surface area contributed by atoms with E-state index in [0.717, 1.165) is 24.9 Å². The Hall–Kier alpha value is -2.75. The molecule has 0 spiro atoms. The Morgan fingerprint density at radius 2 is 2.21 bits per heavy atom. The number of carbonyl (C=O) groups excluding carboxylic acids is 1. The minimum Gasteiger partial charge on any atom is -0.469 e. The van der Waals surface area contributed by atoms with Crippen LogP contribution in [-0.2, 0) is 21.1 Å². The quantitative estimate of drug-likeness (QED) is 0.634. The smallest absolute Gasteiger partial charge is 0.252 e. The van der Waals surface area contributed by atoms with Crippen molar-refractivity contribution in [1.29, 1.82) is 0 Å². The number of rotatable bonds is 5. The number of fused-ring (bicyclic) bond motifs is 1. The highest BCUT2D eigenvalue weighted by molar-refractivity contribution is 7.90. The van der Waals surface area contributed by atoms with Crippen LogP contribution < -0.4 is 0 Å². The molecular formula is C18H21N5O4S. The maximum absolute atomic E-state index is 12.7. The number of hydrogen-bond donors (Lipinski definition) is 0. The van der Waals surface area contributed by atoms with Gasteiger partial charge in [0.2, 0.25) is 5.91 Å². The van der Waals surface area contributed by atoms with Crippen LogP contribution in [0.4, 0.5) is 0 Å². The van der Waals surface area contributed by atoms with Crippen molar-refractivity contribution in [3.05, 3.63) is 42.4 Å². The topological polar surface area (TPSA) is 111 Å². The number of aromatic nitrogens is 4. The van der Waals surface area contributed by atoms with Gasteiger partial charge in [0.15, 0.2) is 9.84 Å². The van der Waals surface area contributed by atoms with E-state index in [-0.39, 0.29) is 16.7 Å². The molecule has 9 nitrogen and oxygen atoms in total. The molecule has 0 saturated carbocycles. The number of piperidine rings is 1. The third-order valence-corrected chi connectivity index (χ3v) is 6.15. The molecule has 148 valence electrons. The first-order chi connectivity index (χ1) is 13.4. The molecule has 1 saturated heterocycles. The van der Waals surface area contributed by atoms with E-state index in [2.05, 4.69) is 15.1 Å². The van der Waals surface area contributed by atoms with Gasteiger partial charge in [0.25, 0.3) is 5.78 Å². The molecule has 1 amide bonds. The Morgan fingerprint density at radius 1 is 1.36 bits per heavy atom. The molecule has 0 N–H and O–H groups in total. The highest BCUT2D eigenvalue weighted by atomic mass is 32.2. The van der Waals surface area contributed by atoms with Gasteiger partial charge in [0.05, 0.1) is 18.2 Å². The monoisotopic (exact) mass is 403 g/mol. The summed E-state index contributed by atoms with van der Waals surface area (Å²) in [6, 6.07) is 3.65. The van der Waals surface area contributed by atoms with Crippen LogP contribution in [0.25, 0.3) is 5.78 Å². The number of carbonyl (C=O) groups is 1. The number of aryl methyl sites for hydroxylation is 1. The van der Waals surface area contributed by atoms with Crippen molar-refractivity contribution in [2.75, 3.05) is 19.3 Å². The average Bonchev–Trinajstić information content (AvgIpc) is 3.36. The van der Waals surface area contributed by atoms with Crippen LogP contribution >= 0.6 is 0 Å². The standard InChI is InChI=1S/C18H21N5O4S/c1-28(25,26)15-10-19-18-20-12-21-23(18)17(15)13-4-2-8-22(11-13)16(24)7-6-14-5-3-9-27-14/h3,5,9-10,12-13H,2,4,6-8,11H2,1H3/t13-/m0/s1.